The van der Waals surface area contributed by atoms with Crippen molar-refractivity contribution in [3.63, 3.8) is 0 Å². The van der Waals surface area contributed by atoms with Crippen molar-refractivity contribution < 1.29 is 14.7 Å². The Morgan fingerprint density at radius 1 is 1.24 bits per heavy atom. The highest BCUT2D eigenvalue weighted by Crippen LogP contribution is 2.36. The molecule has 0 bridgehead atoms. The van der Waals surface area contributed by atoms with Gasteiger partial charge in [-0.15, -0.1) is 11.3 Å². The van der Waals surface area contributed by atoms with Crippen LogP contribution < -0.4 is 4.90 Å². The van der Waals surface area contributed by atoms with Gasteiger partial charge in [-0.1, -0.05) is 18.2 Å². The number of carbonyl (C=O) groups is 2. The van der Waals surface area contributed by atoms with Gasteiger partial charge in [-0.3, -0.25) is 9.59 Å². The zero-order valence-electron chi connectivity index (χ0n) is 11.0. The average molecular weight is 366 g/mol. The Morgan fingerprint density at radius 2 is 2.00 bits per heavy atom. The predicted molar refractivity (Wildman–Crippen MR) is 85.1 cm³/mol. The molecule has 0 fully saturated rings. The first-order valence-corrected chi connectivity index (χ1v) is 8.08. The Morgan fingerprint density at radius 3 is 2.67 bits per heavy atom. The number of nitrogens with zero attached hydrogens (tertiary/aromatic N) is 1. The molecule has 4 nitrogen and oxygen atoms in total. The minimum Gasteiger partial charge on any atom is -0.481 e. The molecule has 108 valence electrons. The molecule has 1 amide bonds. The van der Waals surface area contributed by atoms with Gasteiger partial charge in [0, 0.05) is 12.2 Å². The van der Waals surface area contributed by atoms with Gasteiger partial charge in [-0.05, 0) is 46.1 Å². The summed E-state index contributed by atoms with van der Waals surface area (Å²) in [5.74, 6) is -1.46. The molecule has 1 atom stereocenters. The van der Waals surface area contributed by atoms with Gasteiger partial charge in [0.25, 0.3) is 5.91 Å². The molecule has 1 aliphatic heterocycles. The number of hydrogen-bond donors (Lipinski definition) is 1. The van der Waals surface area contributed by atoms with Crippen molar-refractivity contribution in [2.24, 2.45) is 0 Å². The van der Waals surface area contributed by atoms with E-state index in [-0.39, 0.29) is 5.91 Å². The monoisotopic (exact) mass is 365 g/mol. The maximum absolute atomic E-state index is 12.6. The van der Waals surface area contributed by atoms with Gasteiger partial charge in [-0.2, -0.15) is 0 Å². The lowest BCUT2D eigenvalue weighted by molar-refractivity contribution is -0.139. The summed E-state index contributed by atoms with van der Waals surface area (Å²) in [6.07, 6.45) is 0.435. The summed E-state index contributed by atoms with van der Waals surface area (Å²) in [5, 5.41) is 9.32. The molecule has 0 spiro atoms. The zero-order chi connectivity index (χ0) is 15.0. The third kappa shape index (κ3) is 2.61. The molecule has 1 aliphatic rings. The average Bonchev–Trinajstić information content (AvgIpc) is 2.91. The molecule has 3 rings (SSSR count). The fourth-order valence-corrected chi connectivity index (χ4v) is 3.93. The van der Waals surface area contributed by atoms with Gasteiger partial charge in [0.05, 0.1) is 14.6 Å². The Labute approximate surface area is 134 Å². The van der Waals surface area contributed by atoms with E-state index in [9.17, 15) is 14.7 Å². The van der Waals surface area contributed by atoms with E-state index >= 15 is 0 Å². The fourth-order valence-electron chi connectivity index (χ4n) is 2.59. The number of carbonyl (C=O) groups excluding carboxylic acids is 1. The smallest absolute Gasteiger partial charge is 0.311 e. The van der Waals surface area contributed by atoms with Crippen molar-refractivity contribution in [3.05, 3.63) is 50.6 Å². The molecule has 2 heterocycles. The lowest BCUT2D eigenvalue weighted by Gasteiger charge is -2.32. The first kappa shape index (κ1) is 14.3. The molecule has 0 radical (unpaired) electrons. The summed E-state index contributed by atoms with van der Waals surface area (Å²) in [5.41, 5.74) is 1.41. The van der Waals surface area contributed by atoms with Crippen LogP contribution in [0.25, 0.3) is 0 Å². The maximum atomic E-state index is 12.6. The molecule has 1 aromatic carbocycles. The number of para-hydroxylation sites is 1. The van der Waals surface area contributed by atoms with E-state index in [0.717, 1.165) is 3.79 Å². The van der Waals surface area contributed by atoms with E-state index in [0.29, 0.717) is 29.1 Å². The fraction of sp³-hybridized carbons (Fsp3) is 0.200. The third-order valence-electron chi connectivity index (χ3n) is 3.57. The van der Waals surface area contributed by atoms with Crippen molar-refractivity contribution in [2.45, 2.75) is 12.3 Å². The largest absolute Gasteiger partial charge is 0.481 e. The third-order valence-corrected chi connectivity index (χ3v) is 5.18. The van der Waals surface area contributed by atoms with E-state index in [2.05, 4.69) is 15.9 Å². The number of aliphatic carboxylic acids is 1. The molecule has 1 unspecified atom stereocenters. The topological polar surface area (TPSA) is 57.6 Å². The van der Waals surface area contributed by atoms with Crippen LogP contribution in [0.1, 0.15) is 27.6 Å². The van der Waals surface area contributed by atoms with E-state index in [1.54, 1.807) is 17.0 Å². The Kier molecular flexibility index (Phi) is 3.82. The van der Waals surface area contributed by atoms with Crippen LogP contribution in [0, 0.1) is 0 Å². The Bertz CT molecular complexity index is 712. The summed E-state index contributed by atoms with van der Waals surface area (Å²) in [4.78, 5) is 26.3. The van der Waals surface area contributed by atoms with Gasteiger partial charge in [0.1, 0.15) is 0 Å². The SMILES string of the molecule is O=C(O)C1CCN(C(=O)c2ccc(Br)s2)c2ccccc21. The van der Waals surface area contributed by atoms with Crippen LogP contribution in [0.4, 0.5) is 5.69 Å². The van der Waals surface area contributed by atoms with Gasteiger partial charge in [0.15, 0.2) is 0 Å². The number of amides is 1. The standard InChI is InChI=1S/C15H12BrNO3S/c16-13-6-5-12(21-13)14(18)17-8-7-10(15(19)20)9-3-1-2-4-11(9)17/h1-6,10H,7-8H2,(H,19,20). The highest BCUT2D eigenvalue weighted by atomic mass is 79.9. The lowest BCUT2D eigenvalue weighted by Crippen LogP contribution is -2.37. The summed E-state index contributed by atoms with van der Waals surface area (Å²) in [6.45, 7) is 0.419. The van der Waals surface area contributed by atoms with Gasteiger partial charge in [-0.25, -0.2) is 0 Å². The second kappa shape index (κ2) is 5.61. The number of halogens is 1. The van der Waals surface area contributed by atoms with Crippen molar-refractivity contribution in [1.82, 2.24) is 0 Å². The minimum absolute atomic E-state index is 0.0815. The van der Waals surface area contributed by atoms with Crippen molar-refractivity contribution in [1.29, 1.82) is 0 Å². The Hall–Kier alpha value is -1.66. The molecule has 1 aromatic heterocycles. The molecule has 21 heavy (non-hydrogen) atoms. The molecule has 0 aliphatic carbocycles. The highest BCUT2D eigenvalue weighted by Gasteiger charge is 2.32. The normalized spacial score (nSPS) is 17.4. The molecular formula is C15H12BrNO3S. The zero-order valence-corrected chi connectivity index (χ0v) is 13.4. The van der Waals surface area contributed by atoms with Crippen molar-refractivity contribution >= 4 is 44.8 Å². The number of rotatable bonds is 2. The lowest BCUT2D eigenvalue weighted by atomic mass is 9.90. The predicted octanol–water partition coefficient (Wildman–Crippen LogP) is 3.73. The van der Waals surface area contributed by atoms with E-state index in [1.165, 1.54) is 11.3 Å². The highest BCUT2D eigenvalue weighted by molar-refractivity contribution is 9.11. The summed E-state index contributed by atoms with van der Waals surface area (Å²) < 4.78 is 0.902. The van der Waals surface area contributed by atoms with Crippen LogP contribution in [0.2, 0.25) is 0 Å². The molecule has 0 saturated heterocycles. The van der Waals surface area contributed by atoms with E-state index in [1.807, 2.05) is 24.3 Å². The second-order valence-electron chi connectivity index (χ2n) is 4.80. The van der Waals surface area contributed by atoms with E-state index < -0.39 is 11.9 Å². The van der Waals surface area contributed by atoms with Gasteiger partial charge < -0.3 is 10.0 Å². The van der Waals surface area contributed by atoms with E-state index in [4.69, 9.17) is 0 Å². The number of carboxylic acids is 1. The van der Waals surface area contributed by atoms with Crippen LogP contribution in [0.15, 0.2) is 40.2 Å². The quantitative estimate of drug-likeness (QED) is 0.881. The molecule has 6 heteroatoms. The minimum atomic E-state index is -0.839. The van der Waals surface area contributed by atoms with Crippen LogP contribution in [-0.4, -0.2) is 23.5 Å². The molecule has 1 N–H and O–H groups in total. The van der Waals surface area contributed by atoms with Crippen LogP contribution in [-0.2, 0) is 4.79 Å². The van der Waals surface area contributed by atoms with Crippen LogP contribution >= 0.6 is 27.3 Å². The number of carboxylic acid groups (broad SMARTS) is 1. The van der Waals surface area contributed by atoms with Crippen LogP contribution in [0.3, 0.4) is 0 Å². The van der Waals surface area contributed by atoms with Crippen molar-refractivity contribution in [3.8, 4) is 0 Å². The van der Waals surface area contributed by atoms with Gasteiger partial charge in [0.2, 0.25) is 0 Å². The molecule has 2 aromatic rings. The molecule has 0 saturated carbocycles. The molecular weight excluding hydrogens is 354 g/mol. The number of thiophene rings is 1. The summed E-state index contributed by atoms with van der Waals surface area (Å²) in [6, 6.07) is 10.9. The first-order valence-electron chi connectivity index (χ1n) is 6.47. The maximum Gasteiger partial charge on any atom is 0.311 e. The van der Waals surface area contributed by atoms with Crippen molar-refractivity contribution in [2.75, 3.05) is 11.4 Å². The number of fused-ring (bicyclic) bond motifs is 1. The van der Waals surface area contributed by atoms with Crippen LogP contribution in [0.5, 0.6) is 0 Å². The number of benzene rings is 1. The second-order valence-corrected chi connectivity index (χ2v) is 7.26. The Balaban J connectivity index is 2.00. The first-order chi connectivity index (χ1) is 10.1. The number of anilines is 1. The van der Waals surface area contributed by atoms with Gasteiger partial charge >= 0.3 is 5.97 Å². The number of hydrogen-bond acceptors (Lipinski definition) is 3. The summed E-state index contributed by atoms with van der Waals surface area (Å²) in [7, 11) is 0. The summed E-state index contributed by atoms with van der Waals surface area (Å²) >= 11 is 4.74.